The Bertz CT molecular complexity index is 773. The second-order valence-corrected chi connectivity index (χ2v) is 7.41. The highest BCUT2D eigenvalue weighted by Crippen LogP contribution is 2.40. The lowest BCUT2D eigenvalue weighted by Crippen LogP contribution is -2.71. The zero-order chi connectivity index (χ0) is 18.1. The molecule has 2 atom stereocenters. The van der Waals surface area contributed by atoms with Crippen LogP contribution >= 0.6 is 23.1 Å². The molecule has 0 bridgehead atoms. The van der Waals surface area contributed by atoms with E-state index in [1.54, 1.807) is 17.5 Å². The molecule has 0 aromatic carbocycles. The summed E-state index contributed by atoms with van der Waals surface area (Å²) in [4.78, 5) is 48.4. The first-order valence-corrected chi connectivity index (χ1v) is 9.18. The lowest BCUT2D eigenvalue weighted by Gasteiger charge is -2.50. The highest BCUT2D eigenvalue weighted by Gasteiger charge is 2.53. The summed E-state index contributed by atoms with van der Waals surface area (Å²) in [5.41, 5.74) is 0.0180. The molecule has 10 heteroatoms. The predicted octanol–water partition coefficient (Wildman–Crippen LogP) is -0.671. The fourth-order valence-electron chi connectivity index (χ4n) is 2.59. The summed E-state index contributed by atoms with van der Waals surface area (Å²) in [6.45, 7) is 0.997. The Hall–Kier alpha value is -2.33. The summed E-state index contributed by atoms with van der Waals surface area (Å²) in [7, 11) is 0. The summed E-state index contributed by atoms with van der Waals surface area (Å²) < 4.78 is 4.84. The van der Waals surface area contributed by atoms with E-state index < -0.39 is 29.3 Å². The number of rotatable bonds is 5. The highest BCUT2D eigenvalue weighted by molar-refractivity contribution is 8.00. The molecule has 0 spiro atoms. The number of carbonyl (C=O) groups excluding carboxylic acids is 4. The van der Waals surface area contributed by atoms with Gasteiger partial charge in [0.15, 0.2) is 0 Å². The number of nitrogens with zero attached hydrogens (tertiary/aromatic N) is 1. The molecule has 132 valence electrons. The maximum atomic E-state index is 12.4. The van der Waals surface area contributed by atoms with Crippen molar-refractivity contribution in [3.63, 3.8) is 0 Å². The number of amides is 2. The van der Waals surface area contributed by atoms with Gasteiger partial charge in [0, 0.05) is 18.2 Å². The van der Waals surface area contributed by atoms with E-state index in [4.69, 9.17) is 4.74 Å². The van der Waals surface area contributed by atoms with Gasteiger partial charge in [-0.1, -0.05) is 6.07 Å². The van der Waals surface area contributed by atoms with Crippen molar-refractivity contribution in [2.75, 3.05) is 12.4 Å². The number of thioether (sulfide) groups is 1. The molecular formula is C15H13N2O6S2-. The number of aliphatic carboxylic acids is 1. The summed E-state index contributed by atoms with van der Waals surface area (Å²) in [6.07, 6.45) is 0. The van der Waals surface area contributed by atoms with Gasteiger partial charge in [0.05, 0.1) is 16.5 Å². The standard InChI is InChI=1S/C15H14N2O6S2/c1-7(18)23-5-8-6-25-14-10(13(20)17(14)11(8)15(21)22)16-12(19)9-3-2-4-24-9/h2-4,10,14H,5-6H2,1H3,(H,16,19)(H,21,22)/p-1. The minimum atomic E-state index is -1.51. The van der Waals surface area contributed by atoms with Gasteiger partial charge in [-0.3, -0.25) is 19.3 Å². The zero-order valence-corrected chi connectivity index (χ0v) is 14.6. The SMILES string of the molecule is CC(=O)OCC1=C(C(=O)[O-])N2C(=O)C(NC(=O)c3cccs3)C2SC1. The molecule has 2 aliphatic heterocycles. The number of esters is 1. The Morgan fingerprint density at radius 1 is 1.44 bits per heavy atom. The van der Waals surface area contributed by atoms with Gasteiger partial charge in [-0.25, -0.2) is 0 Å². The van der Waals surface area contributed by atoms with E-state index in [0.29, 0.717) is 10.5 Å². The Balaban J connectivity index is 1.76. The number of carbonyl (C=O) groups is 4. The van der Waals surface area contributed by atoms with E-state index in [2.05, 4.69) is 5.32 Å². The Labute approximate surface area is 150 Å². The van der Waals surface area contributed by atoms with Gasteiger partial charge in [-0.15, -0.1) is 23.1 Å². The monoisotopic (exact) mass is 381 g/mol. The van der Waals surface area contributed by atoms with Gasteiger partial charge in [0.1, 0.15) is 18.0 Å². The second kappa shape index (κ2) is 6.89. The fourth-order valence-corrected chi connectivity index (χ4v) is 4.55. The van der Waals surface area contributed by atoms with Crippen molar-refractivity contribution < 1.29 is 29.0 Å². The first-order valence-electron chi connectivity index (χ1n) is 7.26. The third kappa shape index (κ3) is 3.27. The summed E-state index contributed by atoms with van der Waals surface area (Å²) >= 11 is 2.55. The van der Waals surface area contributed by atoms with Crippen LogP contribution in [0.25, 0.3) is 0 Å². The molecule has 2 aliphatic rings. The molecule has 1 N–H and O–H groups in total. The predicted molar refractivity (Wildman–Crippen MR) is 87.3 cm³/mol. The molecule has 2 amide bonds. The lowest BCUT2D eigenvalue weighted by molar-refractivity contribution is -0.301. The van der Waals surface area contributed by atoms with Crippen LogP contribution in [0.1, 0.15) is 16.6 Å². The lowest BCUT2D eigenvalue weighted by atomic mass is 10.0. The average Bonchev–Trinajstić information content (AvgIpc) is 3.11. The van der Waals surface area contributed by atoms with Crippen molar-refractivity contribution in [3.8, 4) is 0 Å². The van der Waals surface area contributed by atoms with Gasteiger partial charge >= 0.3 is 5.97 Å². The van der Waals surface area contributed by atoms with Crippen LogP contribution in [0.3, 0.4) is 0 Å². The molecule has 1 saturated heterocycles. The van der Waals surface area contributed by atoms with Gasteiger partial charge in [-0.2, -0.15) is 0 Å². The average molecular weight is 381 g/mol. The minimum absolute atomic E-state index is 0.214. The van der Waals surface area contributed by atoms with Crippen molar-refractivity contribution in [3.05, 3.63) is 33.7 Å². The number of β-lactam (4-membered cyclic amide) rings is 1. The molecule has 1 aromatic heterocycles. The highest BCUT2D eigenvalue weighted by atomic mass is 32.2. The van der Waals surface area contributed by atoms with Crippen molar-refractivity contribution in [1.29, 1.82) is 0 Å². The van der Waals surface area contributed by atoms with E-state index in [1.165, 1.54) is 30.0 Å². The molecule has 25 heavy (non-hydrogen) atoms. The fraction of sp³-hybridized carbons (Fsp3) is 0.333. The van der Waals surface area contributed by atoms with Crippen LogP contribution in [0.4, 0.5) is 0 Å². The van der Waals surface area contributed by atoms with E-state index in [1.807, 2.05) is 0 Å². The molecule has 0 aliphatic carbocycles. The number of carboxylic acid groups (broad SMARTS) is 1. The molecule has 1 fully saturated rings. The Kier molecular flexibility index (Phi) is 4.82. The van der Waals surface area contributed by atoms with Crippen molar-refractivity contribution in [2.45, 2.75) is 18.3 Å². The van der Waals surface area contributed by atoms with E-state index >= 15 is 0 Å². The van der Waals surface area contributed by atoms with Gasteiger partial charge in [0.2, 0.25) is 0 Å². The minimum Gasteiger partial charge on any atom is -0.543 e. The number of carboxylic acids is 1. The molecule has 8 nitrogen and oxygen atoms in total. The van der Waals surface area contributed by atoms with Crippen LogP contribution in [0.15, 0.2) is 28.8 Å². The molecule has 2 unspecified atom stereocenters. The van der Waals surface area contributed by atoms with Crippen LogP contribution in [0, 0.1) is 0 Å². The first-order chi connectivity index (χ1) is 11.9. The van der Waals surface area contributed by atoms with Crippen LogP contribution < -0.4 is 10.4 Å². The topological polar surface area (TPSA) is 116 Å². The van der Waals surface area contributed by atoms with Crippen molar-refractivity contribution in [1.82, 2.24) is 10.2 Å². The van der Waals surface area contributed by atoms with Crippen molar-refractivity contribution in [2.24, 2.45) is 0 Å². The Morgan fingerprint density at radius 3 is 2.80 bits per heavy atom. The van der Waals surface area contributed by atoms with Gasteiger partial charge in [-0.05, 0) is 11.4 Å². The number of hydrogen-bond acceptors (Lipinski definition) is 8. The molecule has 0 radical (unpaired) electrons. The third-order valence-electron chi connectivity index (χ3n) is 3.72. The number of ether oxygens (including phenoxy) is 1. The van der Waals surface area contributed by atoms with E-state index in [-0.39, 0.29) is 24.0 Å². The summed E-state index contributed by atoms with van der Waals surface area (Å²) in [6, 6.07) is 2.56. The smallest absolute Gasteiger partial charge is 0.302 e. The van der Waals surface area contributed by atoms with Crippen LogP contribution in [-0.4, -0.2) is 52.4 Å². The molecular weight excluding hydrogens is 368 g/mol. The number of thiophene rings is 1. The number of fused-ring (bicyclic) bond motifs is 1. The molecule has 3 rings (SSSR count). The molecule has 3 heterocycles. The van der Waals surface area contributed by atoms with E-state index in [0.717, 1.165) is 4.90 Å². The maximum Gasteiger partial charge on any atom is 0.302 e. The summed E-state index contributed by atoms with van der Waals surface area (Å²) in [5.74, 6) is -2.70. The van der Waals surface area contributed by atoms with Gasteiger partial charge in [0.25, 0.3) is 11.8 Å². The molecule has 0 saturated carbocycles. The van der Waals surface area contributed by atoms with Crippen molar-refractivity contribution >= 4 is 46.9 Å². The van der Waals surface area contributed by atoms with Crippen LogP contribution in [0.2, 0.25) is 0 Å². The largest absolute Gasteiger partial charge is 0.543 e. The van der Waals surface area contributed by atoms with Crippen LogP contribution in [0.5, 0.6) is 0 Å². The van der Waals surface area contributed by atoms with Gasteiger partial charge < -0.3 is 20.0 Å². The maximum absolute atomic E-state index is 12.4. The quantitative estimate of drug-likeness (QED) is 0.531. The second-order valence-electron chi connectivity index (χ2n) is 5.36. The number of hydrogen-bond donors (Lipinski definition) is 1. The Morgan fingerprint density at radius 2 is 2.20 bits per heavy atom. The third-order valence-corrected chi connectivity index (χ3v) is 5.93. The normalized spacial score (nSPS) is 22.1. The number of nitrogens with one attached hydrogen (secondary N) is 1. The van der Waals surface area contributed by atoms with E-state index in [9.17, 15) is 24.3 Å². The zero-order valence-electron chi connectivity index (χ0n) is 13.0. The summed E-state index contributed by atoms with van der Waals surface area (Å²) in [5, 5.41) is 15.3. The first kappa shape index (κ1) is 17.5. The molecule has 1 aromatic rings. The van der Waals surface area contributed by atoms with Crippen LogP contribution in [-0.2, 0) is 19.1 Å².